The van der Waals surface area contributed by atoms with Gasteiger partial charge in [0.2, 0.25) is 0 Å². The monoisotopic (exact) mass is 790 g/mol. The van der Waals surface area contributed by atoms with Gasteiger partial charge in [0.15, 0.2) is 0 Å². The second-order valence-corrected chi connectivity index (χ2v) is 20.0. The molecule has 2 bridgehead atoms. The number of nitrogens with zero attached hydrogens (tertiary/aromatic N) is 2. The standard InChI is InChI=1S/C59H54N2/c1-58(2)51-23-11-9-21-47(51)48-32-31-46(37-52(48)58)61(53-24-12-10-22-49(53)50-34-38-27-28-39(50)33-38)55-26-14-16-41-36-43-30-29-42-35-40-15-13-25-54(56(40)59(42,43)57(41)55)60(44-17-5-3-6-18-44)45-19-7-4-8-20-45/h3-26,31-32,37-39,42-43,50H,27-30,33-36H2,1-2H3. The molecule has 3 saturated carbocycles. The first-order valence-corrected chi connectivity index (χ1v) is 23.3. The lowest BCUT2D eigenvalue weighted by atomic mass is 9.68. The number of hydrogen-bond donors (Lipinski definition) is 0. The highest BCUT2D eigenvalue weighted by atomic mass is 15.2. The first kappa shape index (κ1) is 35.9. The van der Waals surface area contributed by atoms with Gasteiger partial charge in [-0.3, -0.25) is 0 Å². The molecule has 2 heteroatoms. The number of anilines is 6. The van der Waals surface area contributed by atoms with Gasteiger partial charge in [0.1, 0.15) is 0 Å². The van der Waals surface area contributed by atoms with Gasteiger partial charge in [0.25, 0.3) is 0 Å². The largest absolute Gasteiger partial charge is 0.310 e. The predicted octanol–water partition coefficient (Wildman–Crippen LogP) is 15.3. The summed E-state index contributed by atoms with van der Waals surface area (Å²) in [5.41, 5.74) is 21.1. The van der Waals surface area contributed by atoms with Gasteiger partial charge in [0.05, 0.1) is 11.4 Å². The molecule has 61 heavy (non-hydrogen) atoms. The molecule has 0 aliphatic heterocycles. The molecule has 6 atom stereocenters. The van der Waals surface area contributed by atoms with E-state index in [4.69, 9.17) is 0 Å². The van der Waals surface area contributed by atoms with Gasteiger partial charge >= 0.3 is 0 Å². The molecule has 0 heterocycles. The van der Waals surface area contributed by atoms with Crippen molar-refractivity contribution in [3.8, 4) is 11.1 Å². The Hall–Kier alpha value is -5.86. The summed E-state index contributed by atoms with van der Waals surface area (Å²) in [4.78, 5) is 5.34. The minimum absolute atomic E-state index is 0.0890. The number of hydrogen-bond acceptors (Lipinski definition) is 2. The Labute approximate surface area is 361 Å². The SMILES string of the molecule is CC1(C)c2ccccc2-c2ccc(N(c3ccccc3C3CC4CCC3C4)c3cccc4c3C35c6c(cccc6N(c6ccccc6)c6ccccc6)CC3CCC5C4)cc21. The van der Waals surface area contributed by atoms with Crippen LogP contribution in [-0.4, -0.2) is 0 Å². The van der Waals surface area contributed by atoms with Crippen molar-refractivity contribution in [3.05, 3.63) is 203 Å². The fraction of sp³-hybridized carbons (Fsp3) is 0.288. The maximum Gasteiger partial charge on any atom is 0.0505 e. The number of benzene rings is 7. The van der Waals surface area contributed by atoms with Gasteiger partial charge in [-0.1, -0.05) is 129 Å². The van der Waals surface area contributed by atoms with E-state index >= 15 is 0 Å². The summed E-state index contributed by atoms with van der Waals surface area (Å²) in [5, 5.41) is 0. The van der Waals surface area contributed by atoms with Crippen LogP contribution < -0.4 is 9.80 Å². The average molecular weight is 791 g/mol. The second-order valence-electron chi connectivity index (χ2n) is 20.0. The van der Waals surface area contributed by atoms with Crippen LogP contribution in [0, 0.1) is 23.7 Å². The van der Waals surface area contributed by atoms with Crippen molar-refractivity contribution in [2.24, 2.45) is 23.7 Å². The predicted molar refractivity (Wildman–Crippen MR) is 252 cm³/mol. The van der Waals surface area contributed by atoms with Crippen molar-refractivity contribution >= 4 is 34.1 Å². The Balaban J connectivity index is 1.07. The molecular formula is C59H54N2. The van der Waals surface area contributed by atoms with Gasteiger partial charge < -0.3 is 9.80 Å². The zero-order valence-electron chi connectivity index (χ0n) is 35.5. The first-order chi connectivity index (χ1) is 30.0. The lowest BCUT2D eigenvalue weighted by molar-refractivity contribution is 0.350. The van der Waals surface area contributed by atoms with E-state index in [0.29, 0.717) is 17.8 Å². The van der Waals surface area contributed by atoms with E-state index in [1.165, 1.54) is 100 Å². The van der Waals surface area contributed by atoms with Crippen LogP contribution in [0.25, 0.3) is 11.1 Å². The van der Waals surface area contributed by atoms with Crippen molar-refractivity contribution in [3.63, 3.8) is 0 Å². The molecule has 0 saturated heterocycles. The molecular weight excluding hydrogens is 737 g/mol. The molecule has 6 aliphatic rings. The highest BCUT2D eigenvalue weighted by molar-refractivity contribution is 5.90. The molecule has 1 spiro atoms. The second kappa shape index (κ2) is 13.3. The minimum Gasteiger partial charge on any atom is -0.310 e. The summed E-state index contributed by atoms with van der Waals surface area (Å²) in [6.07, 6.45) is 10.3. The van der Waals surface area contributed by atoms with E-state index < -0.39 is 0 Å². The molecule has 0 amide bonds. The quantitative estimate of drug-likeness (QED) is 0.159. The van der Waals surface area contributed by atoms with Crippen LogP contribution in [0.5, 0.6) is 0 Å². The molecule has 7 aromatic carbocycles. The third-order valence-corrected chi connectivity index (χ3v) is 16.8. The summed E-state index contributed by atoms with van der Waals surface area (Å²) in [6.45, 7) is 4.87. The third kappa shape index (κ3) is 5.03. The lowest BCUT2D eigenvalue weighted by Gasteiger charge is -2.41. The van der Waals surface area contributed by atoms with Crippen LogP contribution in [0.4, 0.5) is 34.1 Å². The zero-order valence-corrected chi connectivity index (χ0v) is 35.5. The Bertz CT molecular complexity index is 2810. The summed E-state index contributed by atoms with van der Waals surface area (Å²) >= 11 is 0. The minimum atomic E-state index is -0.0917. The van der Waals surface area contributed by atoms with Gasteiger partial charge in [-0.05, 0) is 179 Å². The normalized spacial score (nSPS) is 25.4. The Morgan fingerprint density at radius 2 is 1.05 bits per heavy atom. The Kier molecular flexibility index (Phi) is 7.83. The molecule has 13 rings (SSSR count). The highest BCUT2D eigenvalue weighted by Crippen LogP contribution is 2.69. The molecule has 300 valence electrons. The van der Waals surface area contributed by atoms with E-state index in [9.17, 15) is 0 Å². The number of fused-ring (bicyclic) bond motifs is 7. The van der Waals surface area contributed by atoms with E-state index in [2.05, 4.69) is 187 Å². The van der Waals surface area contributed by atoms with Crippen LogP contribution in [-0.2, 0) is 23.7 Å². The summed E-state index contributed by atoms with van der Waals surface area (Å²) in [7, 11) is 0. The van der Waals surface area contributed by atoms with Crippen LogP contribution >= 0.6 is 0 Å². The average Bonchev–Trinajstić information content (AvgIpc) is 4.16. The smallest absolute Gasteiger partial charge is 0.0505 e. The van der Waals surface area contributed by atoms with Crippen LogP contribution in [0.15, 0.2) is 164 Å². The molecule has 6 aliphatic carbocycles. The molecule has 2 nitrogen and oxygen atoms in total. The molecule has 6 unspecified atom stereocenters. The van der Waals surface area contributed by atoms with Crippen molar-refractivity contribution < 1.29 is 0 Å². The number of para-hydroxylation sites is 3. The third-order valence-electron chi connectivity index (χ3n) is 16.8. The van der Waals surface area contributed by atoms with E-state index in [-0.39, 0.29) is 10.8 Å². The maximum absolute atomic E-state index is 2.78. The van der Waals surface area contributed by atoms with Crippen LogP contribution in [0.3, 0.4) is 0 Å². The fourth-order valence-electron chi connectivity index (χ4n) is 14.5. The maximum atomic E-state index is 2.78. The zero-order chi connectivity index (χ0) is 40.5. The summed E-state index contributed by atoms with van der Waals surface area (Å²) < 4.78 is 0. The number of rotatable bonds is 7. The van der Waals surface area contributed by atoms with E-state index in [1.54, 1.807) is 22.3 Å². The van der Waals surface area contributed by atoms with E-state index in [0.717, 1.165) is 24.7 Å². The van der Waals surface area contributed by atoms with Crippen molar-refractivity contribution in [2.75, 3.05) is 9.80 Å². The first-order valence-electron chi connectivity index (χ1n) is 23.3. The molecule has 0 radical (unpaired) electrons. The van der Waals surface area contributed by atoms with Crippen LogP contribution in [0.1, 0.15) is 97.2 Å². The summed E-state index contributed by atoms with van der Waals surface area (Å²) in [5.74, 6) is 3.39. The van der Waals surface area contributed by atoms with Crippen molar-refractivity contribution in [2.45, 2.75) is 82.0 Å². The van der Waals surface area contributed by atoms with E-state index in [1.807, 2.05) is 0 Å². The van der Waals surface area contributed by atoms with Crippen LogP contribution in [0.2, 0.25) is 0 Å². The summed E-state index contributed by atoms with van der Waals surface area (Å²) in [6, 6.07) is 63.1. The van der Waals surface area contributed by atoms with Crippen molar-refractivity contribution in [1.82, 2.24) is 0 Å². The molecule has 0 N–H and O–H groups in total. The Morgan fingerprint density at radius 3 is 1.70 bits per heavy atom. The van der Waals surface area contributed by atoms with Gasteiger partial charge in [0, 0.05) is 33.6 Å². The highest BCUT2D eigenvalue weighted by Gasteiger charge is 2.62. The molecule has 7 aromatic rings. The van der Waals surface area contributed by atoms with Gasteiger partial charge in [-0.2, -0.15) is 0 Å². The lowest BCUT2D eigenvalue weighted by Crippen LogP contribution is -2.35. The van der Waals surface area contributed by atoms with Crippen molar-refractivity contribution in [1.29, 1.82) is 0 Å². The Morgan fingerprint density at radius 1 is 0.459 bits per heavy atom. The fourth-order valence-corrected chi connectivity index (χ4v) is 14.5. The van der Waals surface area contributed by atoms with Gasteiger partial charge in [-0.15, -0.1) is 0 Å². The van der Waals surface area contributed by atoms with Gasteiger partial charge in [-0.25, -0.2) is 0 Å². The molecule has 3 fully saturated rings. The molecule has 0 aromatic heterocycles. The topological polar surface area (TPSA) is 6.48 Å².